The second-order valence-corrected chi connectivity index (χ2v) is 3.69. The number of hydrogen-bond acceptors (Lipinski definition) is 3. The molecule has 72 valence electrons. The van der Waals surface area contributed by atoms with E-state index in [2.05, 4.69) is 15.5 Å². The van der Waals surface area contributed by atoms with Crippen molar-refractivity contribution >= 4 is 0 Å². The molecular formula is C9H16N4. The molecule has 13 heavy (non-hydrogen) atoms. The van der Waals surface area contributed by atoms with Crippen molar-refractivity contribution in [3.05, 3.63) is 11.9 Å². The monoisotopic (exact) mass is 180 g/mol. The van der Waals surface area contributed by atoms with Crippen LogP contribution in [0.1, 0.15) is 30.9 Å². The average molecular weight is 180 g/mol. The van der Waals surface area contributed by atoms with Crippen molar-refractivity contribution < 1.29 is 0 Å². The van der Waals surface area contributed by atoms with E-state index in [1.165, 1.54) is 19.3 Å². The molecule has 1 aromatic heterocycles. The third-order valence-corrected chi connectivity index (χ3v) is 2.88. The lowest BCUT2D eigenvalue weighted by molar-refractivity contribution is 0.506. The predicted octanol–water partition coefficient (Wildman–Crippen LogP) is 0.671. The third-order valence-electron chi connectivity index (χ3n) is 2.88. The Balaban J connectivity index is 2.15. The molecule has 1 aliphatic rings. The van der Waals surface area contributed by atoms with Gasteiger partial charge in [-0.1, -0.05) is 6.42 Å². The first-order valence-electron chi connectivity index (χ1n) is 4.84. The van der Waals surface area contributed by atoms with Gasteiger partial charge >= 0.3 is 0 Å². The summed E-state index contributed by atoms with van der Waals surface area (Å²) in [6, 6.07) is 0.594. The van der Waals surface area contributed by atoms with Crippen LogP contribution in [0, 0.1) is 0 Å². The fourth-order valence-corrected chi connectivity index (χ4v) is 2.19. The molecular weight excluding hydrogens is 164 g/mol. The Morgan fingerprint density at radius 1 is 1.54 bits per heavy atom. The first-order chi connectivity index (χ1) is 6.31. The molecule has 0 aromatic carbocycles. The van der Waals surface area contributed by atoms with E-state index in [1.807, 2.05) is 20.3 Å². The van der Waals surface area contributed by atoms with Gasteiger partial charge in [0, 0.05) is 19.0 Å². The van der Waals surface area contributed by atoms with Crippen molar-refractivity contribution in [3.8, 4) is 0 Å². The van der Waals surface area contributed by atoms with Gasteiger partial charge in [0.1, 0.15) is 0 Å². The quantitative estimate of drug-likeness (QED) is 0.727. The molecule has 2 atom stereocenters. The van der Waals surface area contributed by atoms with Gasteiger partial charge in [-0.15, -0.1) is 0 Å². The number of nitrogens with zero attached hydrogens (tertiary/aromatic N) is 3. The molecule has 2 rings (SSSR count). The van der Waals surface area contributed by atoms with E-state index in [0.717, 1.165) is 5.69 Å². The first-order valence-corrected chi connectivity index (χ1v) is 4.84. The topological polar surface area (TPSA) is 42.7 Å². The summed E-state index contributed by atoms with van der Waals surface area (Å²) in [6.07, 6.45) is 5.69. The highest BCUT2D eigenvalue weighted by molar-refractivity contribution is 5.08. The van der Waals surface area contributed by atoms with E-state index in [4.69, 9.17) is 0 Å². The summed E-state index contributed by atoms with van der Waals surface area (Å²) in [5.41, 5.74) is 1.14. The zero-order valence-corrected chi connectivity index (χ0v) is 8.20. The van der Waals surface area contributed by atoms with Gasteiger partial charge in [0.15, 0.2) is 0 Å². The van der Waals surface area contributed by atoms with Gasteiger partial charge < -0.3 is 5.32 Å². The standard InChI is InChI=1S/C9H16N4/c1-10-8-5-3-4-7(8)9-6-11-13(2)12-9/h6-8,10H,3-5H2,1-2H3. The maximum Gasteiger partial charge on any atom is 0.0873 e. The Morgan fingerprint density at radius 3 is 3.00 bits per heavy atom. The molecule has 1 aromatic rings. The second-order valence-electron chi connectivity index (χ2n) is 3.69. The molecule has 1 fully saturated rings. The lowest BCUT2D eigenvalue weighted by Crippen LogP contribution is -2.27. The molecule has 1 N–H and O–H groups in total. The maximum absolute atomic E-state index is 4.36. The van der Waals surface area contributed by atoms with Gasteiger partial charge in [-0.3, -0.25) is 0 Å². The predicted molar refractivity (Wildman–Crippen MR) is 50.4 cm³/mol. The van der Waals surface area contributed by atoms with Crippen molar-refractivity contribution in [2.24, 2.45) is 7.05 Å². The zero-order valence-electron chi connectivity index (χ0n) is 8.20. The van der Waals surface area contributed by atoms with Gasteiger partial charge in [-0.05, 0) is 19.9 Å². The molecule has 0 radical (unpaired) electrons. The Bertz CT molecular complexity index is 281. The lowest BCUT2D eigenvalue weighted by atomic mass is 10.0. The largest absolute Gasteiger partial charge is 0.316 e. The molecule has 1 heterocycles. The summed E-state index contributed by atoms with van der Waals surface area (Å²) < 4.78 is 0. The Hall–Kier alpha value is -0.900. The van der Waals surface area contributed by atoms with Crippen LogP contribution in [0.15, 0.2) is 6.20 Å². The molecule has 0 amide bonds. The summed E-state index contributed by atoms with van der Waals surface area (Å²) in [6.45, 7) is 0. The van der Waals surface area contributed by atoms with E-state index in [0.29, 0.717) is 12.0 Å². The summed E-state index contributed by atoms with van der Waals surface area (Å²) in [5.74, 6) is 0.568. The highest BCUT2D eigenvalue weighted by atomic mass is 15.4. The summed E-state index contributed by atoms with van der Waals surface area (Å²) >= 11 is 0. The smallest absolute Gasteiger partial charge is 0.0873 e. The zero-order chi connectivity index (χ0) is 9.26. The van der Waals surface area contributed by atoms with Crippen molar-refractivity contribution in [1.29, 1.82) is 0 Å². The number of nitrogens with one attached hydrogen (secondary N) is 1. The Morgan fingerprint density at radius 2 is 2.38 bits per heavy atom. The third kappa shape index (κ3) is 1.58. The molecule has 1 saturated carbocycles. The van der Waals surface area contributed by atoms with Crippen LogP contribution in [-0.2, 0) is 7.05 Å². The lowest BCUT2D eigenvalue weighted by Gasteiger charge is -2.15. The maximum atomic E-state index is 4.36. The van der Waals surface area contributed by atoms with Crippen molar-refractivity contribution in [2.45, 2.75) is 31.2 Å². The SMILES string of the molecule is CNC1CCCC1c1cnn(C)n1. The van der Waals surface area contributed by atoms with Crippen LogP contribution in [0.2, 0.25) is 0 Å². The van der Waals surface area contributed by atoms with Crippen LogP contribution in [-0.4, -0.2) is 28.1 Å². The number of rotatable bonds is 2. The molecule has 0 bridgehead atoms. The van der Waals surface area contributed by atoms with Crippen LogP contribution < -0.4 is 5.32 Å². The van der Waals surface area contributed by atoms with Crippen molar-refractivity contribution in [3.63, 3.8) is 0 Å². The number of hydrogen-bond donors (Lipinski definition) is 1. The Kier molecular flexibility index (Phi) is 2.31. The van der Waals surface area contributed by atoms with Gasteiger partial charge in [-0.2, -0.15) is 15.0 Å². The van der Waals surface area contributed by atoms with E-state index in [-0.39, 0.29) is 0 Å². The van der Waals surface area contributed by atoms with Gasteiger partial charge in [0.25, 0.3) is 0 Å². The first kappa shape index (κ1) is 8.69. The van der Waals surface area contributed by atoms with Crippen molar-refractivity contribution in [2.75, 3.05) is 7.05 Å². The van der Waals surface area contributed by atoms with Crippen LogP contribution in [0.25, 0.3) is 0 Å². The highest BCUT2D eigenvalue weighted by Crippen LogP contribution is 2.32. The minimum atomic E-state index is 0.568. The van der Waals surface area contributed by atoms with Crippen molar-refractivity contribution in [1.82, 2.24) is 20.3 Å². The fourth-order valence-electron chi connectivity index (χ4n) is 2.19. The average Bonchev–Trinajstić information content (AvgIpc) is 2.71. The van der Waals surface area contributed by atoms with Gasteiger partial charge in [0.05, 0.1) is 11.9 Å². The minimum absolute atomic E-state index is 0.568. The van der Waals surface area contributed by atoms with Crippen LogP contribution in [0.4, 0.5) is 0 Å². The fraction of sp³-hybridized carbons (Fsp3) is 0.778. The molecule has 4 heteroatoms. The second kappa shape index (κ2) is 3.46. The summed E-state index contributed by atoms with van der Waals surface area (Å²) in [4.78, 5) is 1.64. The van der Waals surface area contributed by atoms with E-state index in [1.54, 1.807) is 4.80 Å². The normalized spacial score (nSPS) is 28.2. The van der Waals surface area contributed by atoms with E-state index in [9.17, 15) is 0 Å². The van der Waals surface area contributed by atoms with Crippen LogP contribution in [0.3, 0.4) is 0 Å². The number of aromatic nitrogens is 3. The summed E-state index contributed by atoms with van der Waals surface area (Å²) in [5, 5.41) is 11.8. The van der Waals surface area contributed by atoms with E-state index < -0.39 is 0 Å². The van der Waals surface area contributed by atoms with Gasteiger partial charge in [0.2, 0.25) is 0 Å². The molecule has 0 aliphatic heterocycles. The highest BCUT2D eigenvalue weighted by Gasteiger charge is 2.29. The summed E-state index contributed by atoms with van der Waals surface area (Å²) in [7, 11) is 3.90. The Labute approximate surface area is 78.3 Å². The minimum Gasteiger partial charge on any atom is -0.316 e. The molecule has 0 spiro atoms. The van der Waals surface area contributed by atoms with Gasteiger partial charge in [-0.25, -0.2) is 0 Å². The number of likely N-dealkylation sites (N-methyl/N-ethyl adjacent to an activating group) is 1. The molecule has 1 aliphatic carbocycles. The number of aryl methyl sites for hydroxylation is 1. The van der Waals surface area contributed by atoms with Crippen LogP contribution in [0.5, 0.6) is 0 Å². The van der Waals surface area contributed by atoms with Crippen LogP contribution >= 0.6 is 0 Å². The molecule has 4 nitrogen and oxygen atoms in total. The molecule has 0 saturated heterocycles. The van der Waals surface area contributed by atoms with E-state index >= 15 is 0 Å². The molecule has 2 unspecified atom stereocenters.